The van der Waals surface area contributed by atoms with Gasteiger partial charge in [-0.25, -0.2) is 8.78 Å². The minimum absolute atomic E-state index is 0.136. The lowest BCUT2D eigenvalue weighted by atomic mass is 9.84. The third-order valence-corrected chi connectivity index (χ3v) is 3.95. The van der Waals surface area contributed by atoms with Gasteiger partial charge in [-0.15, -0.1) is 15.3 Å². The van der Waals surface area contributed by atoms with Crippen LogP contribution in [0.2, 0.25) is 0 Å². The van der Waals surface area contributed by atoms with Crippen LogP contribution in [-0.2, 0) is 4.79 Å². The van der Waals surface area contributed by atoms with Crippen LogP contribution in [0.5, 0.6) is 0 Å². The van der Waals surface area contributed by atoms with Gasteiger partial charge in [0.1, 0.15) is 5.82 Å². The molecule has 2 unspecified atom stereocenters. The minimum atomic E-state index is -2.76. The first-order chi connectivity index (χ1) is 10.6. The van der Waals surface area contributed by atoms with Crippen molar-refractivity contribution in [3.8, 4) is 0 Å². The van der Waals surface area contributed by atoms with Gasteiger partial charge in [-0.05, 0) is 25.0 Å². The van der Waals surface area contributed by atoms with Gasteiger partial charge in [-0.1, -0.05) is 12.8 Å². The van der Waals surface area contributed by atoms with Gasteiger partial charge in [0.05, 0.1) is 5.92 Å². The number of hydrogen-bond acceptors (Lipinski definition) is 5. The molecule has 0 aliphatic heterocycles. The highest BCUT2D eigenvalue weighted by atomic mass is 19.3. The number of fused-ring (bicyclic) bond motifs is 1. The third kappa shape index (κ3) is 2.70. The Labute approximate surface area is 124 Å². The van der Waals surface area contributed by atoms with E-state index in [2.05, 4.69) is 20.6 Å². The first-order valence-electron chi connectivity index (χ1n) is 7.12. The van der Waals surface area contributed by atoms with Crippen molar-refractivity contribution in [1.82, 2.24) is 19.8 Å². The van der Waals surface area contributed by atoms with Crippen molar-refractivity contribution in [3.05, 3.63) is 18.0 Å². The fourth-order valence-electron chi connectivity index (χ4n) is 2.85. The zero-order chi connectivity index (χ0) is 15.7. The van der Waals surface area contributed by atoms with Gasteiger partial charge in [-0.3, -0.25) is 4.79 Å². The first-order valence-corrected chi connectivity index (χ1v) is 7.12. The van der Waals surface area contributed by atoms with Crippen molar-refractivity contribution >= 4 is 17.4 Å². The number of aromatic nitrogens is 4. The molecule has 0 bridgehead atoms. The molecule has 2 heterocycles. The van der Waals surface area contributed by atoms with E-state index in [9.17, 15) is 13.6 Å². The number of alkyl halides is 2. The molecule has 1 amide bonds. The first kappa shape index (κ1) is 14.6. The molecule has 1 aliphatic rings. The molecule has 3 N–H and O–H groups in total. The predicted molar refractivity (Wildman–Crippen MR) is 74.3 cm³/mol. The Balaban J connectivity index is 1.86. The summed E-state index contributed by atoms with van der Waals surface area (Å²) in [6.07, 6.45) is 0.699. The lowest BCUT2D eigenvalue weighted by Crippen LogP contribution is -2.40. The summed E-state index contributed by atoms with van der Waals surface area (Å²) in [5, 5.41) is 14.3. The highest BCUT2D eigenvalue weighted by Crippen LogP contribution is 2.27. The largest absolute Gasteiger partial charge is 0.369 e. The topological polar surface area (TPSA) is 98.2 Å². The standard InChI is InChI=1S/C13H16F2N6O/c14-11(15)13-19-18-10-6-5-9(20-21(10)13)17-8-4-2-1-3-7(8)12(16)22/h5-8,11H,1-4H2,(H2,16,22)(H,17,20). The van der Waals surface area contributed by atoms with E-state index in [0.717, 1.165) is 30.2 Å². The van der Waals surface area contributed by atoms with E-state index in [0.29, 0.717) is 5.82 Å². The maximum absolute atomic E-state index is 12.8. The molecule has 3 rings (SSSR count). The Kier molecular flexibility index (Phi) is 3.86. The molecule has 1 fully saturated rings. The fourth-order valence-corrected chi connectivity index (χ4v) is 2.85. The molecule has 0 saturated heterocycles. The van der Waals surface area contributed by atoms with E-state index < -0.39 is 12.2 Å². The highest BCUT2D eigenvalue weighted by molar-refractivity contribution is 5.78. The molecule has 9 heteroatoms. The molecule has 1 aliphatic carbocycles. The Morgan fingerprint density at radius 2 is 2.09 bits per heavy atom. The number of amides is 1. The third-order valence-electron chi connectivity index (χ3n) is 3.95. The fraction of sp³-hybridized carbons (Fsp3) is 0.538. The second-order valence-corrected chi connectivity index (χ2v) is 5.39. The van der Waals surface area contributed by atoms with E-state index in [1.807, 2.05) is 0 Å². The number of halogens is 2. The monoisotopic (exact) mass is 310 g/mol. The Morgan fingerprint density at radius 1 is 1.32 bits per heavy atom. The number of nitrogens with two attached hydrogens (primary N) is 1. The number of rotatable bonds is 4. The lowest BCUT2D eigenvalue weighted by Gasteiger charge is -2.30. The summed E-state index contributed by atoms with van der Waals surface area (Å²) in [5.74, 6) is -0.737. The predicted octanol–water partition coefficient (Wildman–Crippen LogP) is 1.52. The SMILES string of the molecule is NC(=O)C1CCCCC1Nc1ccc2nnc(C(F)F)n2n1. The van der Waals surface area contributed by atoms with Crippen LogP contribution >= 0.6 is 0 Å². The second kappa shape index (κ2) is 5.82. The molecule has 0 aromatic carbocycles. The van der Waals surface area contributed by atoms with Gasteiger partial charge in [0.25, 0.3) is 6.43 Å². The maximum Gasteiger partial charge on any atom is 0.299 e. The van der Waals surface area contributed by atoms with Gasteiger partial charge in [0, 0.05) is 6.04 Å². The van der Waals surface area contributed by atoms with Gasteiger partial charge in [-0.2, -0.15) is 4.52 Å². The van der Waals surface area contributed by atoms with E-state index in [1.165, 1.54) is 0 Å². The Morgan fingerprint density at radius 3 is 2.82 bits per heavy atom. The van der Waals surface area contributed by atoms with Gasteiger partial charge in [0.15, 0.2) is 5.65 Å². The molecule has 7 nitrogen and oxygen atoms in total. The van der Waals surface area contributed by atoms with Crippen LogP contribution in [0.1, 0.15) is 37.9 Å². The quantitative estimate of drug-likeness (QED) is 0.892. The van der Waals surface area contributed by atoms with E-state index in [-0.39, 0.29) is 23.5 Å². The minimum Gasteiger partial charge on any atom is -0.369 e. The molecule has 0 spiro atoms. The molecule has 2 aromatic rings. The van der Waals surface area contributed by atoms with Crippen LogP contribution in [0, 0.1) is 5.92 Å². The number of nitrogens with one attached hydrogen (secondary N) is 1. The normalized spacial score (nSPS) is 22.1. The van der Waals surface area contributed by atoms with Gasteiger partial charge in [0.2, 0.25) is 11.7 Å². The molecule has 22 heavy (non-hydrogen) atoms. The average Bonchev–Trinajstić information content (AvgIpc) is 2.91. The molecule has 2 aromatic heterocycles. The number of nitrogens with zero attached hydrogens (tertiary/aromatic N) is 4. The van der Waals surface area contributed by atoms with E-state index in [1.54, 1.807) is 12.1 Å². The Hall–Kier alpha value is -2.32. The average molecular weight is 310 g/mol. The van der Waals surface area contributed by atoms with Gasteiger partial charge >= 0.3 is 0 Å². The summed E-state index contributed by atoms with van der Waals surface area (Å²) in [7, 11) is 0. The summed E-state index contributed by atoms with van der Waals surface area (Å²) in [6.45, 7) is 0. The number of hydrogen-bond donors (Lipinski definition) is 2. The lowest BCUT2D eigenvalue weighted by molar-refractivity contribution is -0.122. The summed E-state index contributed by atoms with van der Waals surface area (Å²) >= 11 is 0. The van der Waals surface area contributed by atoms with Crippen molar-refractivity contribution in [2.45, 2.75) is 38.2 Å². The molecular formula is C13H16F2N6O. The van der Waals surface area contributed by atoms with Crippen molar-refractivity contribution in [2.75, 3.05) is 5.32 Å². The Bertz CT molecular complexity index is 688. The highest BCUT2D eigenvalue weighted by Gasteiger charge is 2.29. The molecule has 0 radical (unpaired) electrons. The number of carbonyl (C=O) groups excluding carboxylic acids is 1. The van der Waals surface area contributed by atoms with Crippen LogP contribution in [0.4, 0.5) is 14.6 Å². The van der Waals surface area contributed by atoms with E-state index in [4.69, 9.17) is 5.73 Å². The van der Waals surface area contributed by atoms with E-state index >= 15 is 0 Å². The van der Waals surface area contributed by atoms with Crippen LogP contribution < -0.4 is 11.1 Å². The zero-order valence-electron chi connectivity index (χ0n) is 11.7. The van der Waals surface area contributed by atoms with Crippen molar-refractivity contribution in [1.29, 1.82) is 0 Å². The summed E-state index contributed by atoms with van der Waals surface area (Å²) in [6, 6.07) is 3.05. The number of anilines is 1. The molecule has 2 atom stereocenters. The van der Waals surface area contributed by atoms with Crippen molar-refractivity contribution in [3.63, 3.8) is 0 Å². The summed E-state index contributed by atoms with van der Waals surface area (Å²) in [5.41, 5.74) is 5.67. The molecule has 1 saturated carbocycles. The molecule has 118 valence electrons. The number of carbonyl (C=O) groups is 1. The number of primary amides is 1. The van der Waals surface area contributed by atoms with Crippen LogP contribution in [0.25, 0.3) is 5.65 Å². The summed E-state index contributed by atoms with van der Waals surface area (Å²) in [4.78, 5) is 11.5. The van der Waals surface area contributed by atoms with Crippen molar-refractivity contribution in [2.24, 2.45) is 11.7 Å². The van der Waals surface area contributed by atoms with Crippen molar-refractivity contribution < 1.29 is 13.6 Å². The summed E-state index contributed by atoms with van der Waals surface area (Å²) < 4.78 is 26.7. The smallest absolute Gasteiger partial charge is 0.299 e. The van der Waals surface area contributed by atoms with Crippen LogP contribution in [-0.4, -0.2) is 31.8 Å². The zero-order valence-corrected chi connectivity index (χ0v) is 11.7. The second-order valence-electron chi connectivity index (χ2n) is 5.39. The molecular weight excluding hydrogens is 294 g/mol. The van der Waals surface area contributed by atoms with Crippen LogP contribution in [0.3, 0.4) is 0 Å². The maximum atomic E-state index is 12.8. The van der Waals surface area contributed by atoms with Gasteiger partial charge < -0.3 is 11.1 Å². The van der Waals surface area contributed by atoms with Crippen LogP contribution in [0.15, 0.2) is 12.1 Å².